The number of likely N-dealkylation sites (tertiary alicyclic amines) is 1. The van der Waals surface area contributed by atoms with Crippen molar-refractivity contribution in [3.05, 3.63) is 0 Å². The Morgan fingerprint density at radius 2 is 2.00 bits per heavy atom. The first-order valence-corrected chi connectivity index (χ1v) is 6.61. The molecule has 0 aromatic rings. The average molecular weight is 271 g/mol. The molecule has 1 N–H and O–H groups in total. The van der Waals surface area contributed by atoms with Gasteiger partial charge in [-0.25, -0.2) is 4.79 Å². The zero-order valence-corrected chi connectivity index (χ0v) is 11.6. The summed E-state index contributed by atoms with van der Waals surface area (Å²) in [5.74, 6) is -2.03. The van der Waals surface area contributed by atoms with Crippen LogP contribution in [0.15, 0.2) is 0 Å². The Bertz CT molecular complexity index is 366. The van der Waals surface area contributed by atoms with Crippen LogP contribution in [0.2, 0.25) is 0 Å². The second-order valence-electron chi connectivity index (χ2n) is 5.04. The number of carbonyl (C=O) groups excluding carboxylic acids is 2. The van der Waals surface area contributed by atoms with E-state index in [2.05, 4.69) is 0 Å². The van der Waals surface area contributed by atoms with Gasteiger partial charge in [0, 0.05) is 13.0 Å². The van der Waals surface area contributed by atoms with Crippen molar-refractivity contribution in [3.63, 3.8) is 0 Å². The smallest absolute Gasteiger partial charge is 0.326 e. The monoisotopic (exact) mass is 271 g/mol. The molecule has 1 aliphatic rings. The highest BCUT2D eigenvalue weighted by atomic mass is 16.5. The molecule has 1 amide bonds. The number of hydrogen-bond acceptors (Lipinski definition) is 4. The van der Waals surface area contributed by atoms with Crippen LogP contribution in [-0.4, -0.2) is 46.5 Å². The van der Waals surface area contributed by atoms with Crippen molar-refractivity contribution < 1.29 is 24.2 Å². The van der Waals surface area contributed by atoms with Gasteiger partial charge in [-0.2, -0.15) is 0 Å². The van der Waals surface area contributed by atoms with Gasteiger partial charge in [0.05, 0.1) is 0 Å². The van der Waals surface area contributed by atoms with Crippen LogP contribution in [0.5, 0.6) is 0 Å². The summed E-state index contributed by atoms with van der Waals surface area (Å²) in [4.78, 5) is 36.1. The number of nitrogens with zero attached hydrogens (tertiary/aromatic N) is 1. The van der Waals surface area contributed by atoms with Gasteiger partial charge in [0.25, 0.3) is 5.91 Å². The number of esters is 1. The normalized spacial score (nSPS) is 20.4. The largest absolute Gasteiger partial charge is 0.480 e. The summed E-state index contributed by atoms with van der Waals surface area (Å²) >= 11 is 0. The maximum Gasteiger partial charge on any atom is 0.326 e. The fourth-order valence-electron chi connectivity index (χ4n) is 2.15. The van der Waals surface area contributed by atoms with Gasteiger partial charge < -0.3 is 14.7 Å². The van der Waals surface area contributed by atoms with Crippen molar-refractivity contribution in [2.75, 3.05) is 6.54 Å². The number of carbonyl (C=O) groups is 3. The lowest BCUT2D eigenvalue weighted by Crippen LogP contribution is -2.48. The quantitative estimate of drug-likeness (QED) is 0.755. The molecule has 1 fully saturated rings. The first kappa shape index (κ1) is 15.5. The molecule has 0 aromatic carbocycles. The highest BCUT2D eigenvalue weighted by molar-refractivity contribution is 5.88. The Morgan fingerprint density at radius 3 is 2.47 bits per heavy atom. The summed E-state index contributed by atoms with van der Waals surface area (Å²) in [5, 5.41) is 9.08. The molecule has 0 aromatic heterocycles. The maximum atomic E-state index is 12.3. The van der Waals surface area contributed by atoms with E-state index in [0.717, 1.165) is 0 Å². The first-order chi connectivity index (χ1) is 8.88. The molecule has 0 spiro atoms. The fourth-order valence-corrected chi connectivity index (χ4v) is 2.15. The van der Waals surface area contributed by atoms with Crippen LogP contribution in [0.25, 0.3) is 0 Å². The Balaban J connectivity index is 2.81. The third kappa shape index (κ3) is 3.68. The maximum absolute atomic E-state index is 12.3. The van der Waals surface area contributed by atoms with E-state index in [9.17, 15) is 14.4 Å². The van der Waals surface area contributed by atoms with Crippen LogP contribution >= 0.6 is 0 Å². The van der Waals surface area contributed by atoms with Crippen molar-refractivity contribution in [1.82, 2.24) is 4.90 Å². The molecule has 19 heavy (non-hydrogen) atoms. The van der Waals surface area contributed by atoms with Gasteiger partial charge in [-0.1, -0.05) is 20.8 Å². The summed E-state index contributed by atoms with van der Waals surface area (Å²) in [5.41, 5.74) is 0. The summed E-state index contributed by atoms with van der Waals surface area (Å²) in [6.45, 7) is 5.61. The molecule has 1 rings (SSSR count). The minimum atomic E-state index is -1.00. The summed E-state index contributed by atoms with van der Waals surface area (Å²) in [6.07, 6.45) is 0.411. The van der Waals surface area contributed by atoms with Crippen molar-refractivity contribution >= 4 is 17.8 Å². The minimum Gasteiger partial charge on any atom is -0.480 e. The number of ether oxygens (including phenoxy) is 1. The Labute approximate surface area is 112 Å². The van der Waals surface area contributed by atoms with Gasteiger partial charge in [0.15, 0.2) is 6.10 Å². The number of amides is 1. The van der Waals surface area contributed by atoms with Crippen LogP contribution in [0, 0.1) is 5.92 Å². The zero-order chi connectivity index (χ0) is 14.6. The van der Waals surface area contributed by atoms with Crippen LogP contribution in [-0.2, 0) is 19.1 Å². The number of aliphatic carboxylic acids is 1. The van der Waals surface area contributed by atoms with Crippen LogP contribution in [0.1, 0.15) is 40.0 Å². The molecule has 6 nitrogen and oxygen atoms in total. The topological polar surface area (TPSA) is 83.9 Å². The highest BCUT2D eigenvalue weighted by Gasteiger charge is 2.39. The summed E-state index contributed by atoms with van der Waals surface area (Å²) in [7, 11) is 0. The Morgan fingerprint density at radius 1 is 1.37 bits per heavy atom. The summed E-state index contributed by atoms with van der Waals surface area (Å²) < 4.78 is 5.14. The average Bonchev–Trinajstić information content (AvgIpc) is 2.83. The lowest BCUT2D eigenvalue weighted by atomic mass is 10.1. The van der Waals surface area contributed by atoms with Crippen molar-refractivity contribution in [3.8, 4) is 0 Å². The second kappa shape index (κ2) is 6.54. The third-order valence-corrected chi connectivity index (χ3v) is 3.22. The molecule has 0 bridgehead atoms. The van der Waals surface area contributed by atoms with Gasteiger partial charge >= 0.3 is 11.9 Å². The third-order valence-electron chi connectivity index (χ3n) is 3.22. The second-order valence-corrected chi connectivity index (χ2v) is 5.04. The van der Waals surface area contributed by atoms with E-state index in [1.165, 1.54) is 4.90 Å². The number of carboxylic acids is 1. The van der Waals surface area contributed by atoms with Gasteiger partial charge in [-0.05, 0) is 18.8 Å². The standard InChI is InChI=1S/C13H21NO5/c1-4-10(15)19-11(8(2)3)12(16)14-7-5-6-9(14)13(17)18/h8-9,11H,4-7H2,1-3H3,(H,17,18)/t9-,11+/m0/s1. The SMILES string of the molecule is CCC(=O)O[C@@H](C(=O)N1CCC[C@H]1C(=O)O)C(C)C. The van der Waals surface area contributed by atoms with E-state index in [-0.39, 0.29) is 12.3 Å². The van der Waals surface area contributed by atoms with Gasteiger partial charge in [-0.15, -0.1) is 0 Å². The van der Waals surface area contributed by atoms with Crippen molar-refractivity contribution in [1.29, 1.82) is 0 Å². The van der Waals surface area contributed by atoms with Gasteiger partial charge in [-0.3, -0.25) is 9.59 Å². The Kier molecular flexibility index (Phi) is 5.32. The lowest BCUT2D eigenvalue weighted by Gasteiger charge is -2.28. The van der Waals surface area contributed by atoms with Crippen LogP contribution in [0.4, 0.5) is 0 Å². The minimum absolute atomic E-state index is 0.182. The molecule has 2 atom stereocenters. The predicted molar refractivity (Wildman–Crippen MR) is 67.4 cm³/mol. The molecule has 0 radical (unpaired) electrons. The van der Waals surface area contributed by atoms with E-state index < -0.39 is 30.0 Å². The molecule has 0 saturated carbocycles. The number of hydrogen-bond donors (Lipinski definition) is 1. The van der Waals surface area contributed by atoms with E-state index in [4.69, 9.17) is 9.84 Å². The molecular formula is C13H21NO5. The zero-order valence-electron chi connectivity index (χ0n) is 11.6. The molecule has 1 saturated heterocycles. The van der Waals surface area contributed by atoms with Crippen LogP contribution < -0.4 is 0 Å². The van der Waals surface area contributed by atoms with Gasteiger partial charge in [0.2, 0.25) is 0 Å². The van der Waals surface area contributed by atoms with Crippen molar-refractivity contribution in [2.45, 2.75) is 52.2 Å². The number of carboxylic acid groups (broad SMARTS) is 1. The molecular weight excluding hydrogens is 250 g/mol. The van der Waals surface area contributed by atoms with E-state index in [0.29, 0.717) is 19.4 Å². The van der Waals surface area contributed by atoms with Gasteiger partial charge in [0.1, 0.15) is 6.04 Å². The summed E-state index contributed by atoms with van der Waals surface area (Å²) in [6, 6.07) is -0.797. The molecule has 108 valence electrons. The lowest BCUT2D eigenvalue weighted by molar-refractivity contribution is -0.165. The van der Waals surface area contributed by atoms with E-state index >= 15 is 0 Å². The number of rotatable bonds is 5. The first-order valence-electron chi connectivity index (χ1n) is 6.61. The fraction of sp³-hybridized carbons (Fsp3) is 0.769. The molecule has 6 heteroatoms. The van der Waals surface area contributed by atoms with E-state index in [1.807, 2.05) is 0 Å². The molecule has 1 heterocycles. The molecule has 1 aliphatic heterocycles. The van der Waals surface area contributed by atoms with E-state index in [1.54, 1.807) is 20.8 Å². The molecule has 0 unspecified atom stereocenters. The molecule has 0 aliphatic carbocycles. The highest BCUT2D eigenvalue weighted by Crippen LogP contribution is 2.21. The Hall–Kier alpha value is -1.59. The van der Waals surface area contributed by atoms with Crippen molar-refractivity contribution in [2.24, 2.45) is 5.92 Å². The van der Waals surface area contributed by atoms with Crippen LogP contribution in [0.3, 0.4) is 0 Å². The predicted octanol–water partition coefficient (Wildman–Crippen LogP) is 1.04.